The smallest absolute Gasteiger partial charge is 0.218 e. The lowest BCUT2D eigenvalue weighted by Crippen LogP contribution is -2.51. The summed E-state index contributed by atoms with van der Waals surface area (Å²) in [5.74, 6) is 0.0986. The average molecular weight is 268 g/mol. The van der Waals surface area contributed by atoms with Crippen LogP contribution >= 0.6 is 0 Å². The van der Waals surface area contributed by atoms with Crippen molar-refractivity contribution in [3.05, 3.63) is 35.4 Å². The third kappa shape index (κ3) is 3.31. The predicted molar refractivity (Wildman–Crippen MR) is 72.8 cm³/mol. The van der Waals surface area contributed by atoms with Crippen molar-refractivity contribution < 1.29 is 8.42 Å². The van der Waals surface area contributed by atoms with E-state index in [0.717, 1.165) is 17.7 Å². The number of piperazine rings is 1. The van der Waals surface area contributed by atoms with E-state index in [9.17, 15) is 8.42 Å². The Morgan fingerprint density at radius 2 is 2.22 bits per heavy atom. The summed E-state index contributed by atoms with van der Waals surface area (Å²) in [6.07, 6.45) is 0. The van der Waals surface area contributed by atoms with E-state index in [-0.39, 0.29) is 11.8 Å². The Labute approximate surface area is 109 Å². The molecule has 0 saturated carbocycles. The molecule has 0 amide bonds. The quantitative estimate of drug-likeness (QED) is 0.893. The van der Waals surface area contributed by atoms with E-state index in [0.29, 0.717) is 13.1 Å². The van der Waals surface area contributed by atoms with Gasteiger partial charge in [-0.3, -0.25) is 0 Å². The Morgan fingerprint density at radius 1 is 1.44 bits per heavy atom. The first-order valence-electron chi connectivity index (χ1n) is 6.24. The number of nitrogens with one attached hydrogen (secondary N) is 1. The van der Waals surface area contributed by atoms with Crippen molar-refractivity contribution in [3.8, 4) is 0 Å². The van der Waals surface area contributed by atoms with E-state index >= 15 is 0 Å². The zero-order chi connectivity index (χ0) is 13.2. The van der Waals surface area contributed by atoms with E-state index < -0.39 is 10.0 Å². The maximum Gasteiger partial charge on any atom is 0.218 e. The number of benzene rings is 1. The molecule has 0 radical (unpaired) electrons. The van der Waals surface area contributed by atoms with Crippen molar-refractivity contribution in [3.63, 3.8) is 0 Å². The minimum atomic E-state index is -3.19. The van der Waals surface area contributed by atoms with Gasteiger partial charge in [-0.15, -0.1) is 0 Å². The summed E-state index contributed by atoms with van der Waals surface area (Å²) in [6.45, 7) is 5.85. The summed E-state index contributed by atoms with van der Waals surface area (Å²) in [4.78, 5) is 0. The highest BCUT2D eigenvalue weighted by atomic mass is 32.2. The molecule has 5 heteroatoms. The maximum atomic E-state index is 12.3. The lowest BCUT2D eigenvalue weighted by Gasteiger charge is -2.31. The molecule has 1 saturated heterocycles. The van der Waals surface area contributed by atoms with E-state index in [2.05, 4.69) is 5.32 Å². The second-order valence-corrected chi connectivity index (χ2v) is 6.93. The molecule has 1 aromatic carbocycles. The molecule has 1 aliphatic heterocycles. The fourth-order valence-electron chi connectivity index (χ4n) is 2.25. The van der Waals surface area contributed by atoms with Crippen LogP contribution in [0.1, 0.15) is 18.1 Å². The van der Waals surface area contributed by atoms with Crippen molar-refractivity contribution in [2.45, 2.75) is 25.6 Å². The zero-order valence-corrected chi connectivity index (χ0v) is 11.7. The molecule has 0 unspecified atom stereocenters. The Balaban J connectivity index is 2.11. The topological polar surface area (TPSA) is 49.4 Å². The van der Waals surface area contributed by atoms with Gasteiger partial charge in [0, 0.05) is 25.7 Å². The van der Waals surface area contributed by atoms with Crippen molar-refractivity contribution in [2.75, 3.05) is 19.6 Å². The van der Waals surface area contributed by atoms with Crippen LogP contribution < -0.4 is 5.32 Å². The Morgan fingerprint density at radius 3 is 2.89 bits per heavy atom. The van der Waals surface area contributed by atoms with Crippen LogP contribution in [0.3, 0.4) is 0 Å². The Hall–Kier alpha value is -0.910. The molecule has 2 rings (SSSR count). The van der Waals surface area contributed by atoms with Gasteiger partial charge in [-0.2, -0.15) is 4.31 Å². The Bertz CT molecular complexity index is 513. The van der Waals surface area contributed by atoms with Gasteiger partial charge in [-0.1, -0.05) is 29.8 Å². The van der Waals surface area contributed by atoms with Crippen LogP contribution in [0.25, 0.3) is 0 Å². The highest BCUT2D eigenvalue weighted by Gasteiger charge is 2.26. The first kappa shape index (κ1) is 13.5. The summed E-state index contributed by atoms with van der Waals surface area (Å²) in [5, 5.41) is 3.25. The monoisotopic (exact) mass is 268 g/mol. The number of hydrogen-bond acceptors (Lipinski definition) is 3. The number of aryl methyl sites for hydroxylation is 1. The highest BCUT2D eigenvalue weighted by molar-refractivity contribution is 7.88. The standard InChI is InChI=1S/C13H20N2O2S/c1-11-4-3-5-13(8-11)10-18(16,17)15-7-6-14-12(2)9-15/h3-5,8,12,14H,6-7,9-10H2,1-2H3/t12-/m1/s1. The van der Waals surface area contributed by atoms with E-state index in [4.69, 9.17) is 0 Å². The van der Waals surface area contributed by atoms with Gasteiger partial charge in [-0.25, -0.2) is 8.42 Å². The molecule has 0 aliphatic carbocycles. The van der Waals surface area contributed by atoms with Gasteiger partial charge in [0.15, 0.2) is 0 Å². The average Bonchev–Trinajstić information content (AvgIpc) is 2.28. The van der Waals surface area contributed by atoms with Gasteiger partial charge in [0.25, 0.3) is 0 Å². The van der Waals surface area contributed by atoms with Gasteiger partial charge >= 0.3 is 0 Å². The largest absolute Gasteiger partial charge is 0.312 e. The molecule has 1 atom stereocenters. The fraction of sp³-hybridized carbons (Fsp3) is 0.538. The van der Waals surface area contributed by atoms with Crippen molar-refractivity contribution in [1.29, 1.82) is 0 Å². The van der Waals surface area contributed by atoms with Crippen LogP contribution in [0.4, 0.5) is 0 Å². The molecule has 0 aromatic heterocycles. The summed E-state index contributed by atoms with van der Waals surface area (Å²) in [5.41, 5.74) is 1.96. The number of hydrogen-bond donors (Lipinski definition) is 1. The molecule has 1 N–H and O–H groups in total. The zero-order valence-electron chi connectivity index (χ0n) is 10.9. The maximum absolute atomic E-state index is 12.3. The molecular formula is C13H20N2O2S. The number of sulfonamides is 1. The Kier molecular flexibility index (Phi) is 4.04. The van der Waals surface area contributed by atoms with Gasteiger partial charge in [0.1, 0.15) is 0 Å². The summed E-state index contributed by atoms with van der Waals surface area (Å²) in [6, 6.07) is 7.91. The van der Waals surface area contributed by atoms with E-state index in [1.807, 2.05) is 38.1 Å². The first-order chi connectivity index (χ1) is 8.47. The third-order valence-corrected chi connectivity index (χ3v) is 4.97. The van der Waals surface area contributed by atoms with Gasteiger partial charge < -0.3 is 5.32 Å². The molecule has 0 spiro atoms. The third-order valence-electron chi connectivity index (χ3n) is 3.16. The van der Waals surface area contributed by atoms with Crippen LogP contribution in [0, 0.1) is 6.92 Å². The lowest BCUT2D eigenvalue weighted by atomic mass is 10.2. The molecule has 4 nitrogen and oxygen atoms in total. The number of nitrogens with zero attached hydrogens (tertiary/aromatic N) is 1. The van der Waals surface area contributed by atoms with Crippen molar-refractivity contribution >= 4 is 10.0 Å². The minimum absolute atomic E-state index is 0.0986. The van der Waals surface area contributed by atoms with Crippen molar-refractivity contribution in [1.82, 2.24) is 9.62 Å². The minimum Gasteiger partial charge on any atom is -0.312 e. The molecule has 0 bridgehead atoms. The SMILES string of the molecule is Cc1cccc(CS(=O)(=O)N2CCN[C@H](C)C2)c1. The lowest BCUT2D eigenvalue weighted by molar-refractivity contribution is 0.310. The number of rotatable bonds is 3. The molecule has 1 heterocycles. The van der Waals surface area contributed by atoms with Gasteiger partial charge in [-0.05, 0) is 19.4 Å². The molecule has 18 heavy (non-hydrogen) atoms. The van der Waals surface area contributed by atoms with Gasteiger partial charge in [0.2, 0.25) is 10.0 Å². The highest BCUT2D eigenvalue weighted by Crippen LogP contribution is 2.14. The molecule has 1 aromatic rings. The van der Waals surface area contributed by atoms with E-state index in [1.54, 1.807) is 4.31 Å². The van der Waals surface area contributed by atoms with Gasteiger partial charge in [0.05, 0.1) is 5.75 Å². The van der Waals surface area contributed by atoms with E-state index in [1.165, 1.54) is 0 Å². The normalized spacial score (nSPS) is 22.0. The van der Waals surface area contributed by atoms with Crippen molar-refractivity contribution in [2.24, 2.45) is 0 Å². The first-order valence-corrected chi connectivity index (χ1v) is 7.85. The molecular weight excluding hydrogens is 248 g/mol. The second-order valence-electron chi connectivity index (χ2n) is 4.96. The molecule has 1 aliphatic rings. The van der Waals surface area contributed by atoms with Crippen LogP contribution in [0.2, 0.25) is 0 Å². The summed E-state index contributed by atoms with van der Waals surface area (Å²) < 4.78 is 26.2. The second kappa shape index (κ2) is 5.38. The van der Waals surface area contributed by atoms with Crippen LogP contribution in [-0.2, 0) is 15.8 Å². The predicted octanol–water partition coefficient (Wildman–Crippen LogP) is 1.12. The van der Waals surface area contributed by atoms with Crippen LogP contribution in [0.5, 0.6) is 0 Å². The fourth-order valence-corrected chi connectivity index (χ4v) is 3.86. The van der Waals surface area contributed by atoms with Crippen LogP contribution in [-0.4, -0.2) is 38.4 Å². The molecule has 100 valence electrons. The summed E-state index contributed by atoms with van der Waals surface area (Å²) in [7, 11) is -3.19. The van der Waals surface area contributed by atoms with Crippen LogP contribution in [0.15, 0.2) is 24.3 Å². The summed E-state index contributed by atoms with van der Waals surface area (Å²) >= 11 is 0. The molecule has 1 fully saturated rings.